The van der Waals surface area contributed by atoms with Crippen molar-refractivity contribution in [2.75, 3.05) is 26.0 Å². The maximum absolute atomic E-state index is 12.5. The van der Waals surface area contributed by atoms with Gasteiger partial charge in [-0.25, -0.2) is 27.5 Å². The van der Waals surface area contributed by atoms with Gasteiger partial charge in [-0.1, -0.05) is 38.2 Å². The largest absolute Gasteiger partial charge is 0.445 e. The number of aromatic nitrogens is 3. The lowest BCUT2D eigenvalue weighted by molar-refractivity contribution is 0.252. The van der Waals surface area contributed by atoms with Crippen LogP contribution >= 0.6 is 11.3 Å². The smallest absolute Gasteiger partial charge is 0.321 e. The summed E-state index contributed by atoms with van der Waals surface area (Å²) in [7, 11) is -0.636. The van der Waals surface area contributed by atoms with Crippen molar-refractivity contribution in [1.29, 1.82) is 0 Å². The number of hydrogen-bond donors (Lipinski definition) is 2. The maximum Gasteiger partial charge on any atom is 0.321 e. The second kappa shape index (κ2) is 9.96. The van der Waals surface area contributed by atoms with Gasteiger partial charge in [-0.15, -0.1) is 0 Å². The number of urea groups is 1. The van der Waals surface area contributed by atoms with Crippen LogP contribution in [0.25, 0.3) is 21.3 Å². The third kappa shape index (κ3) is 5.72. The second-order valence-corrected chi connectivity index (χ2v) is 12.6. The van der Waals surface area contributed by atoms with Crippen LogP contribution < -0.4 is 10.6 Å². The third-order valence-corrected chi connectivity index (χ3v) is 8.07. The molecule has 2 amide bonds. The molecule has 0 atom stereocenters. The number of hydrogen-bond acceptors (Lipinski definition) is 8. The summed E-state index contributed by atoms with van der Waals surface area (Å²) in [6, 6.07) is 6.79. The lowest BCUT2D eigenvalue weighted by Gasteiger charge is -2.13. The monoisotopic (exact) mass is 528 g/mol. The summed E-state index contributed by atoms with van der Waals surface area (Å²) in [5.74, 6) is 1.38. The van der Waals surface area contributed by atoms with Gasteiger partial charge in [0.15, 0.2) is 11.0 Å². The van der Waals surface area contributed by atoms with Gasteiger partial charge >= 0.3 is 6.03 Å². The molecule has 3 heterocycles. The van der Waals surface area contributed by atoms with Gasteiger partial charge in [-0.3, -0.25) is 10.3 Å². The van der Waals surface area contributed by atoms with E-state index >= 15 is 0 Å². The average Bonchev–Trinajstić information content (AvgIpc) is 3.45. The van der Waals surface area contributed by atoms with E-state index in [1.807, 2.05) is 39.0 Å². The number of sulfonamides is 1. The van der Waals surface area contributed by atoms with E-state index in [0.717, 1.165) is 25.8 Å². The zero-order chi connectivity index (χ0) is 26.1. The molecule has 0 saturated heterocycles. The Labute approximate surface area is 213 Å². The van der Waals surface area contributed by atoms with Gasteiger partial charge in [0.1, 0.15) is 10.7 Å². The van der Waals surface area contributed by atoms with E-state index in [1.165, 1.54) is 31.6 Å². The third-order valence-electron chi connectivity index (χ3n) is 5.35. The van der Waals surface area contributed by atoms with Gasteiger partial charge in [0, 0.05) is 50.4 Å². The van der Waals surface area contributed by atoms with E-state index in [9.17, 15) is 13.2 Å². The fraction of sp³-hybridized carbons (Fsp3) is 0.333. The van der Waals surface area contributed by atoms with Crippen LogP contribution in [0, 0.1) is 0 Å². The van der Waals surface area contributed by atoms with E-state index < -0.39 is 10.0 Å². The molecule has 0 unspecified atom stereocenters. The van der Waals surface area contributed by atoms with Crippen molar-refractivity contribution in [3.8, 4) is 11.1 Å². The van der Waals surface area contributed by atoms with Gasteiger partial charge in [0.25, 0.3) is 0 Å². The van der Waals surface area contributed by atoms with Crippen molar-refractivity contribution in [3.63, 3.8) is 0 Å². The molecule has 12 heteroatoms. The van der Waals surface area contributed by atoms with Crippen molar-refractivity contribution in [1.82, 2.24) is 24.6 Å². The summed E-state index contributed by atoms with van der Waals surface area (Å²) in [4.78, 5) is 25.3. The molecule has 2 N–H and O–H groups in total. The van der Waals surface area contributed by atoms with Crippen LogP contribution in [0.5, 0.6) is 0 Å². The Morgan fingerprint density at radius 2 is 1.89 bits per heavy atom. The number of nitrogens with zero attached hydrogens (tertiary/aromatic N) is 4. The normalized spacial score (nSPS) is 12.3. The molecular formula is C24H28N6O4S2. The highest BCUT2D eigenvalue weighted by Crippen LogP contribution is 2.31. The van der Waals surface area contributed by atoms with Gasteiger partial charge < -0.3 is 9.73 Å². The number of nitrogens with one attached hydrogen (secondary N) is 2. The first-order valence-corrected chi connectivity index (χ1v) is 13.5. The molecule has 4 aromatic rings. The number of amides is 2. The highest BCUT2D eigenvalue weighted by molar-refractivity contribution is 7.89. The van der Waals surface area contributed by atoms with E-state index in [1.54, 1.807) is 18.5 Å². The lowest BCUT2D eigenvalue weighted by atomic mass is 9.94. The van der Waals surface area contributed by atoms with Crippen molar-refractivity contribution in [2.24, 2.45) is 0 Å². The molecule has 0 radical (unpaired) electrons. The van der Waals surface area contributed by atoms with E-state index in [2.05, 4.69) is 25.6 Å². The molecule has 36 heavy (non-hydrogen) atoms. The fourth-order valence-electron chi connectivity index (χ4n) is 3.28. The Bertz CT molecular complexity index is 1500. The van der Waals surface area contributed by atoms with Crippen molar-refractivity contribution < 1.29 is 17.6 Å². The topological polar surface area (TPSA) is 130 Å². The summed E-state index contributed by atoms with van der Waals surface area (Å²) < 4.78 is 32.6. The summed E-state index contributed by atoms with van der Waals surface area (Å²) in [6.45, 7) is 6.51. The predicted octanol–water partition coefficient (Wildman–Crippen LogP) is 4.26. The second-order valence-electron chi connectivity index (χ2n) is 9.40. The van der Waals surface area contributed by atoms with Gasteiger partial charge in [-0.2, -0.15) is 0 Å². The highest BCUT2D eigenvalue weighted by atomic mass is 32.2. The zero-order valence-electron chi connectivity index (χ0n) is 20.7. The zero-order valence-corrected chi connectivity index (χ0v) is 22.3. The minimum absolute atomic E-state index is 0.118. The number of oxazole rings is 1. The number of benzene rings is 1. The SMILES string of the molecule is CN(C)S(=O)(=O)c1cncc(-c2ccc3nc(NC(=O)NCCc4ncc(C(C)(C)C)o4)sc3c2)c1. The van der Waals surface area contributed by atoms with Crippen LogP contribution in [0.4, 0.5) is 9.93 Å². The molecule has 0 aliphatic rings. The molecule has 0 bridgehead atoms. The predicted molar refractivity (Wildman–Crippen MR) is 140 cm³/mol. The van der Waals surface area contributed by atoms with Gasteiger partial charge in [-0.05, 0) is 23.8 Å². The Morgan fingerprint density at radius 1 is 1.11 bits per heavy atom. The number of pyridine rings is 1. The minimum atomic E-state index is -3.59. The van der Waals surface area contributed by atoms with E-state index in [4.69, 9.17) is 4.42 Å². The molecule has 4 rings (SSSR count). The standard InChI is InChI=1S/C24H28N6O4S2/c1-24(2,3)20-14-27-21(34-20)8-9-26-22(31)29-23-28-18-7-6-15(11-19(18)35-23)16-10-17(13-25-12-16)36(32,33)30(4)5/h6-7,10-14H,8-9H2,1-5H3,(H2,26,28,29,31). The summed E-state index contributed by atoms with van der Waals surface area (Å²) in [5, 5.41) is 5.99. The van der Waals surface area contributed by atoms with Crippen molar-refractivity contribution in [3.05, 3.63) is 54.5 Å². The first-order valence-electron chi connectivity index (χ1n) is 11.2. The van der Waals surface area contributed by atoms with Crippen LogP contribution in [-0.2, 0) is 21.9 Å². The number of anilines is 1. The minimum Gasteiger partial charge on any atom is -0.445 e. The summed E-state index contributed by atoms with van der Waals surface area (Å²) in [5.41, 5.74) is 2.07. The van der Waals surface area contributed by atoms with Crippen LogP contribution in [0.2, 0.25) is 0 Å². The number of thiazole rings is 1. The lowest BCUT2D eigenvalue weighted by Crippen LogP contribution is -2.30. The molecule has 0 saturated carbocycles. The Morgan fingerprint density at radius 3 is 2.58 bits per heavy atom. The Kier molecular flexibility index (Phi) is 7.12. The fourth-order valence-corrected chi connectivity index (χ4v) is 5.07. The number of rotatable bonds is 7. The Hall–Kier alpha value is -3.35. The molecule has 0 aliphatic heterocycles. The first-order chi connectivity index (χ1) is 16.9. The average molecular weight is 529 g/mol. The van der Waals surface area contributed by atoms with Crippen LogP contribution in [-0.4, -0.2) is 54.3 Å². The van der Waals surface area contributed by atoms with Crippen molar-refractivity contribution >= 4 is 42.7 Å². The first kappa shape index (κ1) is 25.7. The molecular weight excluding hydrogens is 500 g/mol. The Balaban J connectivity index is 1.41. The molecule has 0 fully saturated rings. The van der Waals surface area contributed by atoms with Crippen LogP contribution in [0.1, 0.15) is 32.4 Å². The maximum atomic E-state index is 12.5. The molecule has 3 aromatic heterocycles. The van der Waals surface area contributed by atoms with Gasteiger partial charge in [0.05, 0.1) is 16.4 Å². The highest BCUT2D eigenvalue weighted by Gasteiger charge is 2.20. The summed E-state index contributed by atoms with van der Waals surface area (Å²) in [6.07, 6.45) is 5.14. The number of carbonyl (C=O) groups excluding carboxylic acids is 1. The van der Waals surface area contributed by atoms with E-state index in [-0.39, 0.29) is 16.3 Å². The molecule has 10 nitrogen and oxygen atoms in total. The van der Waals surface area contributed by atoms with Crippen molar-refractivity contribution in [2.45, 2.75) is 37.5 Å². The summed E-state index contributed by atoms with van der Waals surface area (Å²) >= 11 is 1.32. The van der Waals surface area contributed by atoms with Gasteiger partial charge in [0.2, 0.25) is 10.0 Å². The molecule has 0 aliphatic carbocycles. The number of carbonyl (C=O) groups is 1. The molecule has 0 spiro atoms. The molecule has 1 aromatic carbocycles. The number of fused-ring (bicyclic) bond motifs is 1. The van der Waals surface area contributed by atoms with E-state index in [0.29, 0.717) is 29.6 Å². The van der Waals surface area contributed by atoms with Crippen LogP contribution in [0.3, 0.4) is 0 Å². The molecule has 190 valence electrons. The quantitative estimate of drug-likeness (QED) is 0.366. The van der Waals surface area contributed by atoms with Crippen LogP contribution in [0.15, 0.2) is 52.2 Å².